The summed E-state index contributed by atoms with van der Waals surface area (Å²) >= 11 is 6.12. The Balaban J connectivity index is 0.00000280. The van der Waals surface area contributed by atoms with Gasteiger partial charge in [0.25, 0.3) is 0 Å². The Hall–Kier alpha value is -1.74. The van der Waals surface area contributed by atoms with Crippen LogP contribution in [-0.2, 0) is 6.54 Å². The highest BCUT2D eigenvalue weighted by Crippen LogP contribution is 2.23. The zero-order valence-corrected chi connectivity index (χ0v) is 19.3. The second kappa shape index (κ2) is 11.3. The molecule has 1 aromatic carbocycles. The zero-order chi connectivity index (χ0) is 19.1. The van der Waals surface area contributed by atoms with Gasteiger partial charge in [-0.05, 0) is 37.1 Å². The maximum atomic E-state index is 6.12. The molecule has 0 saturated carbocycles. The van der Waals surface area contributed by atoms with Crippen molar-refractivity contribution < 1.29 is 4.74 Å². The van der Waals surface area contributed by atoms with E-state index < -0.39 is 0 Å². The third-order valence-electron chi connectivity index (χ3n) is 4.47. The summed E-state index contributed by atoms with van der Waals surface area (Å²) in [6.07, 6.45) is 2.85. The lowest BCUT2D eigenvalue weighted by molar-refractivity contribution is 0.397. The Kier molecular flexibility index (Phi) is 9.11. The Morgan fingerprint density at radius 3 is 2.89 bits per heavy atom. The number of benzene rings is 1. The molecular weight excluding hydrogens is 489 g/mol. The number of nitrogens with one attached hydrogen (secondary N) is 2. The molecule has 2 heterocycles. The molecule has 1 saturated heterocycles. The Bertz CT molecular complexity index is 771. The quantitative estimate of drug-likeness (QED) is 0.349. The molecule has 1 atom stereocenters. The lowest BCUT2D eigenvalue weighted by Gasteiger charge is -2.20. The average Bonchev–Trinajstić information content (AvgIpc) is 3.15. The van der Waals surface area contributed by atoms with Gasteiger partial charge in [-0.15, -0.1) is 24.0 Å². The third-order valence-corrected chi connectivity index (χ3v) is 4.71. The molecule has 1 unspecified atom stereocenters. The van der Waals surface area contributed by atoms with Crippen molar-refractivity contribution in [1.29, 1.82) is 0 Å². The van der Waals surface area contributed by atoms with E-state index >= 15 is 0 Å². The first-order valence-corrected chi connectivity index (χ1v) is 9.60. The van der Waals surface area contributed by atoms with Gasteiger partial charge in [-0.1, -0.05) is 23.7 Å². The van der Waals surface area contributed by atoms with Gasteiger partial charge in [0.2, 0.25) is 5.88 Å². The molecule has 152 valence electrons. The molecular formula is C20H27ClIN5O. The fraction of sp³-hybridized carbons (Fsp3) is 0.400. The molecule has 2 N–H and O–H groups in total. The van der Waals surface area contributed by atoms with E-state index in [4.69, 9.17) is 16.3 Å². The summed E-state index contributed by atoms with van der Waals surface area (Å²) in [7, 11) is 1.61. The van der Waals surface area contributed by atoms with Gasteiger partial charge >= 0.3 is 0 Å². The number of aliphatic imine (C=N–C) groups is 1. The summed E-state index contributed by atoms with van der Waals surface area (Å²) in [6.45, 7) is 5.38. The van der Waals surface area contributed by atoms with Gasteiger partial charge in [-0.25, -0.2) is 9.98 Å². The van der Waals surface area contributed by atoms with Crippen molar-refractivity contribution in [3.8, 4) is 5.88 Å². The number of nitrogens with zero attached hydrogens (tertiary/aromatic N) is 3. The van der Waals surface area contributed by atoms with Crippen LogP contribution in [0.1, 0.15) is 18.9 Å². The van der Waals surface area contributed by atoms with E-state index in [-0.39, 0.29) is 24.0 Å². The van der Waals surface area contributed by atoms with Crippen LogP contribution in [-0.4, -0.2) is 43.7 Å². The molecule has 0 aliphatic carbocycles. The minimum Gasteiger partial charge on any atom is -0.481 e. The van der Waals surface area contributed by atoms with E-state index in [1.54, 1.807) is 13.3 Å². The predicted molar refractivity (Wildman–Crippen MR) is 126 cm³/mol. The summed E-state index contributed by atoms with van der Waals surface area (Å²) in [4.78, 5) is 11.3. The third kappa shape index (κ3) is 6.41. The topological polar surface area (TPSA) is 61.8 Å². The molecule has 1 aliphatic rings. The summed E-state index contributed by atoms with van der Waals surface area (Å²) < 4.78 is 5.09. The molecule has 8 heteroatoms. The van der Waals surface area contributed by atoms with Crippen LogP contribution in [0.5, 0.6) is 5.88 Å². The number of guanidine groups is 1. The molecule has 2 aromatic rings. The van der Waals surface area contributed by atoms with Gasteiger partial charge in [-0.3, -0.25) is 0 Å². The predicted octanol–water partition coefficient (Wildman–Crippen LogP) is 3.70. The van der Waals surface area contributed by atoms with Crippen molar-refractivity contribution in [2.75, 3.05) is 31.6 Å². The molecule has 6 nitrogen and oxygen atoms in total. The van der Waals surface area contributed by atoms with E-state index in [0.29, 0.717) is 18.5 Å². The maximum absolute atomic E-state index is 6.12. The van der Waals surface area contributed by atoms with Gasteiger partial charge in [0.1, 0.15) is 0 Å². The lowest BCUT2D eigenvalue weighted by atomic mass is 10.2. The van der Waals surface area contributed by atoms with E-state index in [2.05, 4.69) is 38.5 Å². The number of pyridine rings is 1. The van der Waals surface area contributed by atoms with E-state index in [1.807, 2.05) is 30.3 Å². The van der Waals surface area contributed by atoms with Crippen LogP contribution in [0.2, 0.25) is 5.02 Å². The Morgan fingerprint density at radius 1 is 1.36 bits per heavy atom. The highest BCUT2D eigenvalue weighted by molar-refractivity contribution is 14.0. The monoisotopic (exact) mass is 515 g/mol. The van der Waals surface area contributed by atoms with Crippen molar-refractivity contribution in [3.05, 3.63) is 53.2 Å². The first-order chi connectivity index (χ1) is 13.2. The molecule has 0 radical (unpaired) electrons. The minimum absolute atomic E-state index is 0. The minimum atomic E-state index is 0. The second-order valence-electron chi connectivity index (χ2n) is 6.46. The van der Waals surface area contributed by atoms with Crippen molar-refractivity contribution in [3.63, 3.8) is 0 Å². The van der Waals surface area contributed by atoms with Crippen LogP contribution < -0.4 is 20.3 Å². The number of hydrogen-bond acceptors (Lipinski definition) is 4. The van der Waals surface area contributed by atoms with Crippen LogP contribution in [0.15, 0.2) is 47.6 Å². The Morgan fingerprint density at radius 2 is 2.21 bits per heavy atom. The van der Waals surface area contributed by atoms with Crippen LogP contribution in [0, 0.1) is 0 Å². The second-order valence-corrected chi connectivity index (χ2v) is 6.90. The first kappa shape index (κ1) is 22.5. The van der Waals surface area contributed by atoms with Crippen molar-refractivity contribution >= 4 is 47.2 Å². The number of aromatic nitrogens is 1. The molecule has 0 bridgehead atoms. The van der Waals surface area contributed by atoms with Gasteiger partial charge < -0.3 is 20.3 Å². The van der Waals surface area contributed by atoms with Crippen molar-refractivity contribution in [2.45, 2.75) is 25.9 Å². The summed E-state index contributed by atoms with van der Waals surface area (Å²) in [5.41, 5.74) is 2.21. The number of methoxy groups -OCH3 is 1. The lowest BCUT2D eigenvalue weighted by Crippen LogP contribution is -2.44. The number of anilines is 1. The number of ether oxygens (including phenoxy) is 1. The summed E-state index contributed by atoms with van der Waals surface area (Å²) in [5.74, 6) is 1.44. The van der Waals surface area contributed by atoms with Crippen LogP contribution >= 0.6 is 35.6 Å². The molecule has 28 heavy (non-hydrogen) atoms. The van der Waals surface area contributed by atoms with Crippen LogP contribution in [0.3, 0.4) is 0 Å². The standard InChI is InChI=1S/C20H26ClN5O.HI/c1-3-22-20(24-13-15-7-8-19(27-2)23-12-15)25-17-9-10-26(14-17)18-6-4-5-16(21)11-18;/h4-8,11-12,17H,3,9-10,13-14H2,1-2H3,(H2,22,24,25);1H. The van der Waals surface area contributed by atoms with Gasteiger partial charge in [0.05, 0.1) is 13.7 Å². The first-order valence-electron chi connectivity index (χ1n) is 9.22. The largest absolute Gasteiger partial charge is 0.481 e. The highest BCUT2D eigenvalue weighted by Gasteiger charge is 2.23. The summed E-state index contributed by atoms with van der Waals surface area (Å²) in [5, 5.41) is 7.63. The highest BCUT2D eigenvalue weighted by atomic mass is 127. The summed E-state index contributed by atoms with van der Waals surface area (Å²) in [6, 6.07) is 12.2. The number of halogens is 2. The van der Waals surface area contributed by atoms with Gasteiger partial charge in [-0.2, -0.15) is 0 Å². The number of hydrogen-bond donors (Lipinski definition) is 2. The molecule has 0 spiro atoms. The Labute approximate surface area is 188 Å². The van der Waals surface area contributed by atoms with Crippen LogP contribution in [0.4, 0.5) is 5.69 Å². The van der Waals surface area contributed by atoms with E-state index in [1.165, 1.54) is 0 Å². The van der Waals surface area contributed by atoms with E-state index in [9.17, 15) is 0 Å². The van der Waals surface area contributed by atoms with E-state index in [0.717, 1.165) is 48.3 Å². The molecule has 1 aromatic heterocycles. The molecule has 0 amide bonds. The average molecular weight is 516 g/mol. The molecule has 3 rings (SSSR count). The molecule has 1 fully saturated rings. The normalized spacial score (nSPS) is 16.5. The van der Waals surface area contributed by atoms with Gasteiger partial charge in [0.15, 0.2) is 5.96 Å². The zero-order valence-electron chi connectivity index (χ0n) is 16.2. The SMILES string of the molecule is CCNC(=NCc1ccc(OC)nc1)NC1CCN(c2cccc(Cl)c2)C1.I. The molecule has 1 aliphatic heterocycles. The smallest absolute Gasteiger partial charge is 0.212 e. The van der Waals surface area contributed by atoms with Crippen LogP contribution in [0.25, 0.3) is 0 Å². The van der Waals surface area contributed by atoms with Crippen molar-refractivity contribution in [2.24, 2.45) is 4.99 Å². The van der Waals surface area contributed by atoms with Gasteiger partial charge in [0, 0.05) is 48.6 Å². The van der Waals surface area contributed by atoms with Crippen molar-refractivity contribution in [1.82, 2.24) is 15.6 Å². The fourth-order valence-electron chi connectivity index (χ4n) is 3.09. The fourth-order valence-corrected chi connectivity index (χ4v) is 3.28. The maximum Gasteiger partial charge on any atom is 0.212 e. The number of rotatable bonds is 6.